The quantitative estimate of drug-likeness (QED) is 0.252. The fourth-order valence-electron chi connectivity index (χ4n) is 3.51. The Morgan fingerprint density at radius 2 is 1.85 bits per heavy atom. The predicted octanol–water partition coefficient (Wildman–Crippen LogP) is 4.46. The summed E-state index contributed by atoms with van der Waals surface area (Å²) >= 11 is 0. The van der Waals surface area contributed by atoms with E-state index >= 15 is 0 Å². The van der Waals surface area contributed by atoms with Crippen molar-refractivity contribution < 1.29 is 34.6 Å². The van der Waals surface area contributed by atoms with Crippen molar-refractivity contribution in [2.45, 2.75) is 33.1 Å². The molecule has 0 aliphatic carbocycles. The molecule has 0 amide bonds. The van der Waals surface area contributed by atoms with E-state index in [1.54, 1.807) is 0 Å². The summed E-state index contributed by atoms with van der Waals surface area (Å²) in [5, 5.41) is 8.36. The average Bonchev–Trinajstić information content (AvgIpc) is 2.90. The molecule has 4 rings (SSSR count). The molecule has 0 atom stereocenters. The second-order valence-corrected chi connectivity index (χ2v) is 7.12. The molecule has 2 aliphatic heterocycles. The first-order valence-electron chi connectivity index (χ1n) is 8.56. The van der Waals surface area contributed by atoms with Crippen LogP contribution < -0.4 is 4.58 Å². The van der Waals surface area contributed by atoms with E-state index in [1.165, 1.54) is 42.4 Å². The molecule has 0 saturated carbocycles. The third-order valence-electron chi connectivity index (χ3n) is 4.67. The van der Waals surface area contributed by atoms with Crippen LogP contribution in [0.3, 0.4) is 0 Å². The van der Waals surface area contributed by atoms with Crippen LogP contribution in [0.25, 0.3) is 0 Å². The van der Waals surface area contributed by atoms with E-state index in [4.69, 9.17) is 5.11 Å². The molecule has 2 aromatic carbocycles. The van der Waals surface area contributed by atoms with Gasteiger partial charge in [0.2, 0.25) is 0 Å². The largest absolute Gasteiger partial charge is 0.512 e. The van der Waals surface area contributed by atoms with Crippen LogP contribution in [0, 0.1) is 6.07 Å². The first-order chi connectivity index (χ1) is 12.2. The number of carbonyl (C=O) groups excluding carboxylic acids is 1. The maximum absolute atomic E-state index is 10.0. The number of ketones is 1. The zero-order chi connectivity index (χ0) is 19.1. The molecule has 1 N–H and O–H groups in total. The fraction of sp³-hybridized carbons (Fsp3) is 0.273. The van der Waals surface area contributed by atoms with Crippen molar-refractivity contribution in [2.24, 2.45) is 0 Å². The van der Waals surface area contributed by atoms with Crippen molar-refractivity contribution in [3.05, 3.63) is 65.4 Å². The van der Waals surface area contributed by atoms with Crippen LogP contribution in [-0.4, -0.2) is 28.5 Å². The number of fused-ring (bicyclic) bond motifs is 2. The summed E-state index contributed by atoms with van der Waals surface area (Å²) in [5.41, 5.74) is 6.26. The van der Waals surface area contributed by atoms with E-state index in [-0.39, 0.29) is 37.1 Å². The van der Waals surface area contributed by atoms with Gasteiger partial charge in [-0.1, -0.05) is 40.7 Å². The van der Waals surface area contributed by atoms with Crippen LogP contribution in [0.1, 0.15) is 38.8 Å². The van der Waals surface area contributed by atoms with Crippen molar-refractivity contribution in [2.75, 3.05) is 7.05 Å². The first-order valence-corrected chi connectivity index (χ1v) is 8.56. The number of para-hydroxylation sites is 2. The summed E-state index contributed by atoms with van der Waals surface area (Å²) in [7, 11) is 2.05. The molecule has 0 fully saturated rings. The Balaban J connectivity index is 0.000000285. The monoisotopic (exact) mass is 540 g/mol. The Labute approximate surface area is 173 Å². The molecule has 0 saturated heterocycles. The molecule has 0 unspecified atom stereocenters. The molecule has 2 aromatic rings. The second-order valence-electron chi connectivity index (χ2n) is 7.12. The minimum Gasteiger partial charge on any atom is -0.512 e. The number of benzene rings is 2. The number of allylic oxidation sites excluding steroid dienone is 2. The second kappa shape index (κ2) is 7.74. The minimum absolute atomic E-state index is 0. The molecule has 2 heterocycles. The van der Waals surface area contributed by atoms with Crippen LogP contribution >= 0.6 is 0 Å². The Morgan fingerprint density at radius 1 is 1.19 bits per heavy atom. The maximum Gasteiger partial charge on any atom is 0.494 e. The van der Waals surface area contributed by atoms with E-state index in [9.17, 15) is 4.79 Å². The van der Waals surface area contributed by atoms with E-state index < -0.39 is 0 Å². The number of aliphatic hydroxyl groups is 1. The summed E-state index contributed by atoms with van der Waals surface area (Å²) in [5.74, 6) is -0.0625. The van der Waals surface area contributed by atoms with Gasteiger partial charge in [-0.25, -0.2) is 0 Å². The summed E-state index contributed by atoms with van der Waals surface area (Å²) < 4.78 is 4.20. The summed E-state index contributed by atoms with van der Waals surface area (Å²) in [6, 6.07) is 19.5. The molecular formula is C22H23IrN2O2+. The van der Waals surface area contributed by atoms with Gasteiger partial charge in [0.05, 0.1) is 5.76 Å². The van der Waals surface area contributed by atoms with Gasteiger partial charge in [0.1, 0.15) is 5.69 Å². The number of carbonyl (C=O) groups is 1. The van der Waals surface area contributed by atoms with Crippen molar-refractivity contribution in [1.82, 2.24) is 4.58 Å². The van der Waals surface area contributed by atoms with Crippen molar-refractivity contribution >= 4 is 28.9 Å². The third kappa shape index (κ3) is 3.72. The maximum atomic E-state index is 10.0. The molecule has 0 aromatic heterocycles. The first kappa shape index (κ1) is 21.0. The molecule has 4 nitrogen and oxygen atoms in total. The normalized spacial score (nSPS) is 15.2. The van der Waals surface area contributed by atoms with Gasteiger partial charge in [-0.3, -0.25) is 4.79 Å². The number of aliphatic hydroxyl groups excluding tert-OH is 1. The van der Waals surface area contributed by atoms with Gasteiger partial charge in [0.15, 0.2) is 12.8 Å². The molecule has 1 radical (unpaired) electrons. The van der Waals surface area contributed by atoms with Crippen LogP contribution in [0.15, 0.2) is 48.2 Å². The zero-order valence-electron chi connectivity index (χ0n) is 16.1. The van der Waals surface area contributed by atoms with Crippen LogP contribution in [0.2, 0.25) is 0 Å². The SMILES string of the molecule is CC(=O)/C=C(/C)O.C[N+]1=C=[N+]2c3[c-]cccc3C(C)(C)c3cccc1c32.[Ir]. The van der Waals surface area contributed by atoms with Crippen molar-refractivity contribution in [1.29, 1.82) is 0 Å². The average molecular weight is 540 g/mol. The number of hydrogen-bond donors (Lipinski definition) is 1. The molecule has 27 heavy (non-hydrogen) atoms. The van der Waals surface area contributed by atoms with Gasteiger partial charge in [-0.05, 0) is 19.3 Å². The predicted molar refractivity (Wildman–Crippen MR) is 103 cm³/mol. The third-order valence-corrected chi connectivity index (χ3v) is 4.67. The van der Waals surface area contributed by atoms with Crippen LogP contribution in [-0.2, 0) is 30.3 Å². The van der Waals surface area contributed by atoms with Gasteiger partial charge in [0.25, 0.3) is 11.4 Å². The molecular weight excluding hydrogens is 516 g/mol. The summed E-state index contributed by atoms with van der Waals surface area (Å²) in [6.45, 7) is 7.41. The molecule has 2 aliphatic rings. The molecule has 141 valence electrons. The van der Waals surface area contributed by atoms with Gasteiger partial charge < -0.3 is 5.11 Å². The van der Waals surface area contributed by atoms with E-state index in [0.717, 1.165) is 5.69 Å². The van der Waals surface area contributed by atoms with Gasteiger partial charge in [0, 0.05) is 37.8 Å². The zero-order valence-corrected chi connectivity index (χ0v) is 18.5. The molecule has 0 spiro atoms. The Hall–Kier alpha value is -2.32. The summed E-state index contributed by atoms with van der Waals surface area (Å²) in [4.78, 5) is 10.0. The molecule has 0 bridgehead atoms. The number of nitrogens with zero attached hydrogens (tertiary/aromatic N) is 2. The van der Waals surface area contributed by atoms with Crippen molar-refractivity contribution in [3.63, 3.8) is 0 Å². The number of hydrogen-bond acceptors (Lipinski definition) is 2. The number of rotatable bonds is 1. The fourth-order valence-corrected chi connectivity index (χ4v) is 3.51. The van der Waals surface area contributed by atoms with Crippen molar-refractivity contribution in [3.8, 4) is 0 Å². The standard InChI is InChI=1S/C17H15N2.C5H8O2.Ir/c1-17(2)12-7-4-5-9-14(12)19-11-18(3)15-10-6-8-13(17)16(15)19;1-4(6)3-5(2)7;/h4-8,10H,1-3H3;3,6H,1-2H3;/q+1;;/b;4-3-;. The van der Waals surface area contributed by atoms with Crippen LogP contribution in [0.4, 0.5) is 17.1 Å². The minimum atomic E-state index is -0.125. The Bertz CT molecular complexity index is 1010. The summed E-state index contributed by atoms with van der Waals surface area (Å²) in [6.07, 6.45) is 1.17. The Kier molecular flexibility index (Phi) is 6.01. The van der Waals surface area contributed by atoms with E-state index in [2.05, 4.69) is 65.4 Å². The van der Waals surface area contributed by atoms with E-state index in [0.29, 0.717) is 0 Å². The molecule has 5 heteroatoms. The topological polar surface area (TPSA) is 43.3 Å². The van der Waals surface area contributed by atoms with E-state index in [1.807, 2.05) is 13.1 Å². The van der Waals surface area contributed by atoms with Gasteiger partial charge in [-0.15, -0.1) is 6.07 Å². The van der Waals surface area contributed by atoms with Crippen LogP contribution in [0.5, 0.6) is 0 Å². The smallest absolute Gasteiger partial charge is 0.494 e. The van der Waals surface area contributed by atoms with Gasteiger partial charge >= 0.3 is 6.01 Å². The Morgan fingerprint density at radius 3 is 2.44 bits per heavy atom. The van der Waals surface area contributed by atoms with Gasteiger partial charge in [-0.2, -0.15) is 18.2 Å².